The molecular weight excluding hydrogens is 302 g/mol. The van der Waals surface area contributed by atoms with Crippen LogP contribution in [-0.4, -0.2) is 31.0 Å². The van der Waals surface area contributed by atoms with Crippen LogP contribution in [0.15, 0.2) is 48.1 Å². The van der Waals surface area contributed by atoms with Gasteiger partial charge in [0, 0.05) is 13.2 Å². The molecule has 0 radical (unpaired) electrons. The lowest BCUT2D eigenvalue weighted by molar-refractivity contribution is 0.156. The third-order valence-electron chi connectivity index (χ3n) is 3.45. The van der Waals surface area contributed by atoms with Crippen molar-refractivity contribution in [2.45, 2.75) is 46.5 Å². The van der Waals surface area contributed by atoms with Crippen molar-refractivity contribution in [3.8, 4) is 0 Å². The summed E-state index contributed by atoms with van der Waals surface area (Å²) in [5.74, 6) is 0.402. The van der Waals surface area contributed by atoms with E-state index in [1.807, 2.05) is 0 Å². The minimum atomic E-state index is -0.388. The summed E-state index contributed by atoms with van der Waals surface area (Å²) >= 11 is 0. The van der Waals surface area contributed by atoms with Crippen LogP contribution in [-0.2, 0) is 4.74 Å². The van der Waals surface area contributed by atoms with Gasteiger partial charge in [0.1, 0.15) is 6.61 Å². The number of aliphatic hydroxyl groups excluding tert-OH is 1. The number of amides is 1. The fraction of sp³-hybridized carbons (Fsp3) is 0.550. The molecule has 0 aliphatic heterocycles. The highest BCUT2D eigenvalue weighted by atomic mass is 16.5. The Bertz CT molecular complexity index is 450. The maximum atomic E-state index is 11.3. The lowest BCUT2D eigenvalue weighted by Gasteiger charge is -2.11. The third-order valence-corrected chi connectivity index (χ3v) is 3.45. The predicted octanol–water partition coefficient (Wildman–Crippen LogP) is 4.54. The maximum absolute atomic E-state index is 11.3. The molecule has 0 heterocycles. The van der Waals surface area contributed by atoms with Crippen LogP contribution in [0.3, 0.4) is 0 Å². The molecule has 1 amide bonds. The molecule has 0 aliphatic carbocycles. The smallest absolute Gasteiger partial charge is 0.407 e. The number of rotatable bonds is 12. The van der Waals surface area contributed by atoms with Crippen LogP contribution in [0.4, 0.5) is 4.79 Å². The van der Waals surface area contributed by atoms with Gasteiger partial charge in [-0.3, -0.25) is 0 Å². The first-order valence-electron chi connectivity index (χ1n) is 8.59. The molecule has 0 saturated heterocycles. The number of alkyl carbamates (subject to hydrolysis) is 1. The first-order chi connectivity index (χ1) is 11.5. The van der Waals surface area contributed by atoms with Gasteiger partial charge in [-0.05, 0) is 45.4 Å². The van der Waals surface area contributed by atoms with Crippen LogP contribution in [0.2, 0.25) is 0 Å². The van der Waals surface area contributed by atoms with E-state index in [4.69, 9.17) is 9.84 Å². The number of carbonyl (C=O) groups excluding carboxylic acids is 1. The van der Waals surface area contributed by atoms with Gasteiger partial charge in [0.2, 0.25) is 0 Å². The normalized spacial score (nSPS) is 13.8. The number of hydrogen-bond donors (Lipinski definition) is 2. The summed E-state index contributed by atoms with van der Waals surface area (Å²) in [5, 5.41) is 11.5. The van der Waals surface area contributed by atoms with Gasteiger partial charge in [-0.2, -0.15) is 0 Å². The first kappa shape index (κ1) is 22.2. The Morgan fingerprint density at radius 2 is 2.04 bits per heavy atom. The van der Waals surface area contributed by atoms with Gasteiger partial charge in [-0.15, -0.1) is 0 Å². The second-order valence-electron chi connectivity index (χ2n) is 6.13. The Balaban J connectivity index is 3.92. The van der Waals surface area contributed by atoms with Gasteiger partial charge in [0.25, 0.3) is 0 Å². The summed E-state index contributed by atoms with van der Waals surface area (Å²) in [5.41, 5.74) is 2.59. The molecule has 0 aromatic rings. The second-order valence-corrected chi connectivity index (χ2v) is 6.13. The van der Waals surface area contributed by atoms with Gasteiger partial charge in [0.15, 0.2) is 0 Å². The molecule has 24 heavy (non-hydrogen) atoms. The van der Waals surface area contributed by atoms with Crippen LogP contribution >= 0.6 is 0 Å². The van der Waals surface area contributed by atoms with E-state index in [0.29, 0.717) is 12.5 Å². The van der Waals surface area contributed by atoms with Crippen molar-refractivity contribution in [3.63, 3.8) is 0 Å². The molecule has 0 saturated carbocycles. The summed E-state index contributed by atoms with van der Waals surface area (Å²) in [4.78, 5) is 11.3. The van der Waals surface area contributed by atoms with Gasteiger partial charge in [-0.25, -0.2) is 4.79 Å². The van der Waals surface area contributed by atoms with Crippen molar-refractivity contribution >= 4 is 6.09 Å². The molecule has 4 nitrogen and oxygen atoms in total. The van der Waals surface area contributed by atoms with Crippen LogP contribution in [0.5, 0.6) is 0 Å². The summed E-state index contributed by atoms with van der Waals surface area (Å²) < 4.78 is 4.86. The number of carbonyl (C=O) groups is 1. The zero-order valence-corrected chi connectivity index (χ0v) is 15.4. The Hall–Kier alpha value is -1.81. The summed E-state index contributed by atoms with van der Waals surface area (Å²) in [6, 6.07) is 0. The van der Waals surface area contributed by atoms with Crippen LogP contribution in [0, 0.1) is 5.92 Å². The predicted molar refractivity (Wildman–Crippen MR) is 101 cm³/mol. The van der Waals surface area contributed by atoms with Crippen molar-refractivity contribution in [1.29, 1.82) is 0 Å². The molecule has 0 spiro atoms. The van der Waals surface area contributed by atoms with Gasteiger partial charge >= 0.3 is 6.09 Å². The molecule has 1 atom stereocenters. The second kappa shape index (κ2) is 14.8. The van der Waals surface area contributed by atoms with Crippen molar-refractivity contribution in [2.24, 2.45) is 5.92 Å². The number of hydrogen-bond acceptors (Lipinski definition) is 3. The maximum Gasteiger partial charge on any atom is 0.407 e. The van der Waals surface area contributed by atoms with Crippen molar-refractivity contribution in [3.05, 3.63) is 48.1 Å². The molecule has 136 valence electrons. The van der Waals surface area contributed by atoms with E-state index < -0.39 is 0 Å². The van der Waals surface area contributed by atoms with Crippen molar-refractivity contribution in [1.82, 2.24) is 5.32 Å². The Labute approximate surface area is 147 Å². The molecule has 0 rings (SSSR count). The average molecular weight is 335 g/mol. The SMILES string of the molecule is C=CCOC(=O)NC[C@@H](C)CC/C=C/C=C(\C)C/C(C)=C/CCO. The van der Waals surface area contributed by atoms with Crippen LogP contribution in [0.25, 0.3) is 0 Å². The standard InChI is InChI=1S/C20H33NO3/c1-5-14-24-20(23)21-16-19(4)11-8-6-7-10-17(2)15-18(3)12-9-13-22/h5-7,10,12,19,22H,1,8-9,11,13-16H2,2-4H3,(H,21,23)/b7-6+,17-10+,18-12+/t19-/m0/s1. The summed E-state index contributed by atoms with van der Waals surface area (Å²) in [7, 11) is 0. The topological polar surface area (TPSA) is 58.6 Å². The Morgan fingerprint density at radius 3 is 2.71 bits per heavy atom. The minimum absolute atomic E-state index is 0.207. The van der Waals surface area contributed by atoms with E-state index in [1.165, 1.54) is 11.1 Å². The van der Waals surface area contributed by atoms with E-state index in [9.17, 15) is 4.79 Å². The molecule has 2 N–H and O–H groups in total. The number of ether oxygens (including phenoxy) is 1. The largest absolute Gasteiger partial charge is 0.445 e. The quantitative estimate of drug-likeness (QED) is 0.407. The highest BCUT2D eigenvalue weighted by Crippen LogP contribution is 2.11. The zero-order valence-electron chi connectivity index (χ0n) is 15.4. The molecule has 4 heteroatoms. The lowest BCUT2D eigenvalue weighted by atomic mass is 10.0. The molecule has 0 aromatic carbocycles. The van der Waals surface area contributed by atoms with Gasteiger partial charge in [0.05, 0.1) is 0 Å². The molecule has 0 unspecified atom stereocenters. The summed E-state index contributed by atoms with van der Waals surface area (Å²) in [6.45, 7) is 10.9. The van der Waals surface area contributed by atoms with Crippen molar-refractivity contribution < 1.29 is 14.6 Å². The summed E-state index contributed by atoms with van der Waals surface area (Å²) in [6.07, 6.45) is 13.3. The minimum Gasteiger partial charge on any atom is -0.445 e. The Morgan fingerprint density at radius 1 is 1.29 bits per heavy atom. The Kier molecular flexibility index (Phi) is 13.6. The van der Waals surface area contributed by atoms with E-state index in [-0.39, 0.29) is 19.3 Å². The van der Waals surface area contributed by atoms with E-state index >= 15 is 0 Å². The molecule has 0 fully saturated rings. The van der Waals surface area contributed by atoms with Crippen LogP contribution < -0.4 is 5.32 Å². The highest BCUT2D eigenvalue weighted by molar-refractivity contribution is 5.67. The number of allylic oxidation sites excluding steroid dienone is 5. The lowest BCUT2D eigenvalue weighted by Crippen LogP contribution is -2.28. The molecule has 0 aliphatic rings. The first-order valence-corrected chi connectivity index (χ1v) is 8.59. The van der Waals surface area contributed by atoms with Gasteiger partial charge in [-0.1, -0.05) is 55.0 Å². The monoisotopic (exact) mass is 335 g/mol. The van der Waals surface area contributed by atoms with Crippen molar-refractivity contribution in [2.75, 3.05) is 19.8 Å². The fourth-order valence-corrected chi connectivity index (χ4v) is 2.14. The number of aliphatic hydroxyl groups is 1. The van der Waals surface area contributed by atoms with E-state index in [0.717, 1.165) is 25.7 Å². The third kappa shape index (κ3) is 13.8. The van der Waals surface area contributed by atoms with E-state index in [1.54, 1.807) is 6.08 Å². The molecular formula is C20H33NO3. The number of nitrogens with one attached hydrogen (secondary N) is 1. The molecule has 0 aromatic heterocycles. The van der Waals surface area contributed by atoms with Gasteiger partial charge < -0.3 is 15.2 Å². The molecule has 0 bridgehead atoms. The van der Waals surface area contributed by atoms with E-state index in [2.05, 4.69) is 57.0 Å². The van der Waals surface area contributed by atoms with Crippen LogP contribution in [0.1, 0.15) is 46.5 Å². The zero-order chi connectivity index (χ0) is 18.2. The average Bonchev–Trinajstić information content (AvgIpc) is 2.55. The fourth-order valence-electron chi connectivity index (χ4n) is 2.14. The highest BCUT2D eigenvalue weighted by Gasteiger charge is 2.04.